The lowest BCUT2D eigenvalue weighted by Crippen LogP contribution is -2.33. The fourth-order valence-electron chi connectivity index (χ4n) is 4.85. The molecule has 2 aromatic carbocycles. The molecule has 5 rings (SSSR count). The van der Waals surface area contributed by atoms with Crippen LogP contribution >= 0.6 is 0 Å². The molecule has 0 spiro atoms. The summed E-state index contributed by atoms with van der Waals surface area (Å²) in [6, 6.07) is 18.7. The summed E-state index contributed by atoms with van der Waals surface area (Å²) in [7, 11) is 1.72. The van der Waals surface area contributed by atoms with E-state index in [0.717, 1.165) is 67.4 Å². The maximum Gasteiger partial charge on any atom is 0.152 e. The Balaban J connectivity index is 1.29. The molecule has 0 fully saturated rings. The van der Waals surface area contributed by atoms with Gasteiger partial charge < -0.3 is 19.7 Å². The lowest BCUT2D eigenvalue weighted by atomic mass is 10.0. The van der Waals surface area contributed by atoms with Crippen molar-refractivity contribution in [1.82, 2.24) is 20.2 Å². The molecule has 36 heavy (non-hydrogen) atoms. The van der Waals surface area contributed by atoms with Gasteiger partial charge in [-0.2, -0.15) is 0 Å². The van der Waals surface area contributed by atoms with E-state index >= 15 is 0 Å². The van der Waals surface area contributed by atoms with E-state index in [-0.39, 0.29) is 0 Å². The first-order valence-electron chi connectivity index (χ1n) is 12.5. The minimum atomic E-state index is 0.543. The predicted octanol–water partition coefficient (Wildman–Crippen LogP) is 4.61. The summed E-state index contributed by atoms with van der Waals surface area (Å²) in [5.74, 6) is 1.81. The maximum atomic E-state index is 6.22. The van der Waals surface area contributed by atoms with E-state index in [9.17, 15) is 0 Å². The first kappa shape index (κ1) is 24.0. The topological polar surface area (TPSA) is 62.8 Å². The van der Waals surface area contributed by atoms with Crippen molar-refractivity contribution in [3.63, 3.8) is 0 Å². The largest absolute Gasteiger partial charge is 0.495 e. The van der Waals surface area contributed by atoms with Crippen molar-refractivity contribution in [1.29, 1.82) is 0 Å². The van der Waals surface area contributed by atoms with Crippen molar-refractivity contribution in [2.45, 2.75) is 26.6 Å². The summed E-state index contributed by atoms with van der Waals surface area (Å²) in [5, 5.41) is 4.79. The molecule has 1 aliphatic rings. The number of hydrogen-bond donors (Lipinski definition) is 1. The smallest absolute Gasteiger partial charge is 0.152 e. The highest BCUT2D eigenvalue weighted by atomic mass is 16.5. The van der Waals surface area contributed by atoms with E-state index < -0.39 is 0 Å². The van der Waals surface area contributed by atoms with Crippen LogP contribution in [-0.4, -0.2) is 48.3 Å². The van der Waals surface area contributed by atoms with Gasteiger partial charge in [-0.25, -0.2) is 0 Å². The van der Waals surface area contributed by atoms with Crippen LogP contribution in [0.5, 0.6) is 11.5 Å². The summed E-state index contributed by atoms with van der Waals surface area (Å²) < 4.78 is 11.8. The Morgan fingerprint density at radius 1 is 1.11 bits per heavy atom. The number of hydrogen-bond acceptors (Lipinski definition) is 7. The van der Waals surface area contributed by atoms with E-state index in [2.05, 4.69) is 62.3 Å². The van der Waals surface area contributed by atoms with Crippen molar-refractivity contribution in [3.8, 4) is 11.5 Å². The third kappa shape index (κ3) is 5.27. The number of aromatic nitrogens is 2. The Hall–Kier alpha value is -3.68. The van der Waals surface area contributed by atoms with E-state index in [4.69, 9.17) is 9.47 Å². The number of nitrogens with zero attached hydrogens (tertiary/aromatic N) is 4. The highest BCUT2D eigenvalue weighted by molar-refractivity contribution is 5.89. The Bertz CT molecular complexity index is 1300. The van der Waals surface area contributed by atoms with Crippen molar-refractivity contribution in [3.05, 3.63) is 89.9 Å². The molecule has 0 radical (unpaired) electrons. The van der Waals surface area contributed by atoms with Crippen molar-refractivity contribution >= 4 is 16.6 Å². The average Bonchev–Trinajstić information content (AvgIpc) is 2.93. The van der Waals surface area contributed by atoms with Gasteiger partial charge >= 0.3 is 0 Å². The van der Waals surface area contributed by atoms with Gasteiger partial charge in [-0.3, -0.25) is 14.9 Å². The van der Waals surface area contributed by atoms with Crippen LogP contribution in [0, 0.1) is 0 Å². The molecule has 0 unspecified atom stereocenters. The second kappa shape index (κ2) is 11.4. The van der Waals surface area contributed by atoms with Gasteiger partial charge in [-0.15, -0.1) is 0 Å². The Kier molecular flexibility index (Phi) is 7.59. The number of anilines is 1. The second-order valence-electron chi connectivity index (χ2n) is 8.97. The molecule has 3 heterocycles. The van der Waals surface area contributed by atoms with Crippen LogP contribution in [0.1, 0.15) is 23.6 Å². The van der Waals surface area contributed by atoms with Gasteiger partial charge in [0.15, 0.2) is 5.75 Å². The Morgan fingerprint density at radius 3 is 2.83 bits per heavy atom. The van der Waals surface area contributed by atoms with Crippen LogP contribution in [0.15, 0.2) is 73.2 Å². The molecule has 2 aromatic heterocycles. The minimum Gasteiger partial charge on any atom is -0.495 e. The fraction of sp³-hybridized carbons (Fsp3) is 0.310. The molecule has 0 aliphatic carbocycles. The number of rotatable bonds is 10. The number of para-hydroxylation sites is 2. The standard InChI is InChI=1S/C29H33N5O2/c1-3-34(26-10-4-5-11-27(26)35-2)15-14-31-18-23-16-24-20-33(19-22-8-6-12-30-17-22)21-36-29(24)28-25(23)9-7-13-32-28/h4-13,16-17,31H,3,14-15,18-21H2,1-2H3. The first-order chi connectivity index (χ1) is 17.8. The Labute approximate surface area is 212 Å². The summed E-state index contributed by atoms with van der Waals surface area (Å²) in [6.07, 6.45) is 5.56. The minimum absolute atomic E-state index is 0.543. The van der Waals surface area contributed by atoms with Crippen molar-refractivity contribution in [2.24, 2.45) is 0 Å². The normalized spacial score (nSPS) is 13.3. The molecule has 0 saturated heterocycles. The summed E-state index contributed by atoms with van der Waals surface area (Å²) in [6.45, 7) is 7.76. The molecular formula is C29H33N5O2. The second-order valence-corrected chi connectivity index (χ2v) is 8.97. The zero-order valence-corrected chi connectivity index (χ0v) is 21.0. The Morgan fingerprint density at radius 2 is 2.00 bits per heavy atom. The number of ether oxygens (including phenoxy) is 2. The highest BCUT2D eigenvalue weighted by Gasteiger charge is 2.22. The number of likely N-dealkylation sites (N-methyl/N-ethyl adjacent to an activating group) is 1. The first-order valence-corrected chi connectivity index (χ1v) is 12.5. The molecule has 7 heteroatoms. The molecule has 0 atom stereocenters. The van der Waals surface area contributed by atoms with Crippen LogP contribution in [0.2, 0.25) is 0 Å². The van der Waals surface area contributed by atoms with E-state index in [1.54, 1.807) is 13.3 Å². The van der Waals surface area contributed by atoms with Gasteiger partial charge in [-0.1, -0.05) is 24.3 Å². The van der Waals surface area contributed by atoms with Crippen molar-refractivity contribution < 1.29 is 9.47 Å². The van der Waals surface area contributed by atoms with E-state index in [1.165, 1.54) is 16.7 Å². The summed E-state index contributed by atoms with van der Waals surface area (Å²) >= 11 is 0. The summed E-state index contributed by atoms with van der Waals surface area (Å²) in [5.41, 5.74) is 5.66. The van der Waals surface area contributed by atoms with E-state index in [1.807, 2.05) is 36.7 Å². The zero-order valence-electron chi connectivity index (χ0n) is 21.0. The SMILES string of the molecule is CCN(CCNCc1cc2c(c3ncccc13)OCN(Cc1cccnc1)C2)c1ccccc1OC. The third-order valence-corrected chi connectivity index (χ3v) is 6.60. The lowest BCUT2D eigenvalue weighted by Gasteiger charge is -2.30. The van der Waals surface area contributed by atoms with E-state index in [0.29, 0.717) is 6.73 Å². The number of fused-ring (bicyclic) bond motifs is 3. The predicted molar refractivity (Wildman–Crippen MR) is 143 cm³/mol. The van der Waals surface area contributed by atoms with Gasteiger partial charge in [0.1, 0.15) is 18.0 Å². The monoisotopic (exact) mass is 483 g/mol. The molecule has 0 bridgehead atoms. The third-order valence-electron chi connectivity index (χ3n) is 6.60. The highest BCUT2D eigenvalue weighted by Crippen LogP contribution is 2.35. The molecule has 0 saturated carbocycles. The van der Waals surface area contributed by atoms with Crippen LogP contribution < -0.4 is 19.7 Å². The van der Waals surface area contributed by atoms with Crippen LogP contribution in [0.25, 0.3) is 10.9 Å². The number of methoxy groups -OCH3 is 1. The lowest BCUT2D eigenvalue weighted by molar-refractivity contribution is 0.0900. The molecule has 0 amide bonds. The maximum absolute atomic E-state index is 6.22. The molecular weight excluding hydrogens is 450 g/mol. The number of benzene rings is 2. The average molecular weight is 484 g/mol. The molecule has 1 N–H and O–H groups in total. The number of nitrogens with one attached hydrogen (secondary N) is 1. The van der Waals surface area contributed by atoms with Gasteiger partial charge in [0.25, 0.3) is 0 Å². The molecule has 4 aromatic rings. The van der Waals surface area contributed by atoms with Gasteiger partial charge in [0, 0.05) is 68.8 Å². The molecule has 7 nitrogen and oxygen atoms in total. The van der Waals surface area contributed by atoms with Gasteiger partial charge in [0.05, 0.1) is 12.8 Å². The van der Waals surface area contributed by atoms with Crippen LogP contribution in [-0.2, 0) is 19.6 Å². The zero-order chi connectivity index (χ0) is 24.7. The van der Waals surface area contributed by atoms with Gasteiger partial charge in [-0.05, 0) is 48.4 Å². The number of pyridine rings is 2. The fourth-order valence-corrected chi connectivity index (χ4v) is 4.85. The molecule has 1 aliphatic heterocycles. The van der Waals surface area contributed by atoms with Crippen LogP contribution in [0.4, 0.5) is 5.69 Å². The molecule has 186 valence electrons. The van der Waals surface area contributed by atoms with Crippen LogP contribution in [0.3, 0.4) is 0 Å². The van der Waals surface area contributed by atoms with Gasteiger partial charge in [0.2, 0.25) is 0 Å². The quantitative estimate of drug-likeness (QED) is 0.331. The van der Waals surface area contributed by atoms with Crippen molar-refractivity contribution in [2.75, 3.05) is 38.4 Å². The summed E-state index contributed by atoms with van der Waals surface area (Å²) in [4.78, 5) is 13.6.